The molecule has 0 aliphatic carbocycles. The lowest BCUT2D eigenvalue weighted by Crippen LogP contribution is -2.40. The molecule has 0 radical (unpaired) electrons. The SMILES string of the molecule is C=CC(=O)Nc1cccc(NC2=NCC(NC(=O)c3cc(NC(=O)c4cnoc4C)ccc3C)C=N2)c1. The minimum absolute atomic E-state index is 0.284. The number of hydrogen-bond acceptors (Lipinski definition) is 8. The first-order valence-corrected chi connectivity index (χ1v) is 11.4. The monoisotopic (exact) mass is 499 g/mol. The quantitative estimate of drug-likeness (QED) is 0.366. The minimum atomic E-state index is -0.409. The van der Waals surface area contributed by atoms with Gasteiger partial charge in [-0.05, 0) is 55.8 Å². The number of aryl methyl sites for hydroxylation is 2. The van der Waals surface area contributed by atoms with Crippen LogP contribution in [0.25, 0.3) is 0 Å². The van der Waals surface area contributed by atoms with Crippen LogP contribution in [0.3, 0.4) is 0 Å². The number of nitrogens with one attached hydrogen (secondary N) is 4. The van der Waals surface area contributed by atoms with E-state index in [1.807, 2.05) is 13.0 Å². The predicted octanol–water partition coefficient (Wildman–Crippen LogP) is 3.32. The van der Waals surface area contributed by atoms with Crippen molar-refractivity contribution in [3.8, 4) is 0 Å². The molecule has 37 heavy (non-hydrogen) atoms. The van der Waals surface area contributed by atoms with E-state index in [1.165, 1.54) is 12.3 Å². The molecule has 1 aliphatic heterocycles. The van der Waals surface area contributed by atoms with E-state index in [1.54, 1.807) is 49.5 Å². The molecule has 1 aromatic heterocycles. The van der Waals surface area contributed by atoms with E-state index >= 15 is 0 Å². The maximum absolute atomic E-state index is 13.0. The minimum Gasteiger partial charge on any atom is -0.361 e. The van der Waals surface area contributed by atoms with Crippen LogP contribution in [-0.4, -0.2) is 47.6 Å². The molecular formula is C26H25N7O4. The fraction of sp³-hybridized carbons (Fsp3) is 0.154. The van der Waals surface area contributed by atoms with Crippen molar-refractivity contribution in [3.05, 3.63) is 83.8 Å². The van der Waals surface area contributed by atoms with Crippen LogP contribution in [-0.2, 0) is 4.79 Å². The summed E-state index contributed by atoms with van der Waals surface area (Å²) in [5.74, 6) is -0.222. The highest BCUT2D eigenvalue weighted by molar-refractivity contribution is 6.06. The van der Waals surface area contributed by atoms with Gasteiger partial charge in [-0.25, -0.2) is 9.98 Å². The zero-order valence-electron chi connectivity index (χ0n) is 20.2. The maximum Gasteiger partial charge on any atom is 0.260 e. The topological polar surface area (TPSA) is 150 Å². The molecule has 3 aromatic rings. The van der Waals surface area contributed by atoms with Gasteiger partial charge in [-0.1, -0.05) is 23.9 Å². The lowest BCUT2D eigenvalue weighted by atomic mass is 10.1. The number of aliphatic imine (C=N–C) groups is 2. The van der Waals surface area contributed by atoms with Crippen molar-refractivity contribution in [1.82, 2.24) is 10.5 Å². The molecule has 1 aliphatic rings. The van der Waals surface area contributed by atoms with Crippen LogP contribution in [0.2, 0.25) is 0 Å². The van der Waals surface area contributed by atoms with Crippen molar-refractivity contribution in [3.63, 3.8) is 0 Å². The number of anilines is 3. The highest BCUT2D eigenvalue weighted by Crippen LogP contribution is 2.18. The Balaban J connectivity index is 1.35. The molecule has 11 nitrogen and oxygen atoms in total. The number of benzene rings is 2. The summed E-state index contributed by atoms with van der Waals surface area (Å²) in [4.78, 5) is 45.6. The van der Waals surface area contributed by atoms with Crippen molar-refractivity contribution in [2.45, 2.75) is 19.9 Å². The number of carbonyl (C=O) groups is 3. The molecule has 0 saturated carbocycles. The maximum atomic E-state index is 13.0. The van der Waals surface area contributed by atoms with Crippen molar-refractivity contribution < 1.29 is 18.9 Å². The Kier molecular flexibility index (Phi) is 7.53. The Bertz CT molecular complexity index is 1420. The summed E-state index contributed by atoms with van der Waals surface area (Å²) in [5, 5.41) is 15.0. The number of hydrogen-bond donors (Lipinski definition) is 4. The number of guanidine groups is 1. The first-order chi connectivity index (χ1) is 17.8. The summed E-state index contributed by atoms with van der Waals surface area (Å²) in [6.45, 7) is 7.17. The highest BCUT2D eigenvalue weighted by atomic mass is 16.5. The van der Waals surface area contributed by atoms with Crippen LogP contribution in [0.1, 0.15) is 32.0 Å². The summed E-state index contributed by atoms with van der Waals surface area (Å²) >= 11 is 0. The summed E-state index contributed by atoms with van der Waals surface area (Å²) in [6.07, 6.45) is 4.14. The third kappa shape index (κ3) is 6.34. The molecule has 2 heterocycles. The summed E-state index contributed by atoms with van der Waals surface area (Å²) in [6, 6.07) is 11.8. The second-order valence-corrected chi connectivity index (χ2v) is 8.20. The molecule has 1 unspecified atom stereocenters. The van der Waals surface area contributed by atoms with Crippen molar-refractivity contribution >= 4 is 47.0 Å². The van der Waals surface area contributed by atoms with Gasteiger partial charge in [-0.15, -0.1) is 0 Å². The summed E-state index contributed by atoms with van der Waals surface area (Å²) in [7, 11) is 0. The lowest BCUT2D eigenvalue weighted by molar-refractivity contribution is -0.111. The molecule has 4 N–H and O–H groups in total. The average Bonchev–Trinajstić information content (AvgIpc) is 3.32. The van der Waals surface area contributed by atoms with Gasteiger partial charge in [0.05, 0.1) is 18.8 Å². The van der Waals surface area contributed by atoms with Crippen LogP contribution in [0, 0.1) is 13.8 Å². The van der Waals surface area contributed by atoms with E-state index in [2.05, 4.69) is 43.0 Å². The average molecular weight is 500 g/mol. The Hall–Kier alpha value is -5.06. The number of rotatable bonds is 7. The van der Waals surface area contributed by atoms with Gasteiger partial charge < -0.3 is 25.8 Å². The molecule has 0 spiro atoms. The molecule has 0 bridgehead atoms. The smallest absolute Gasteiger partial charge is 0.260 e. The van der Waals surface area contributed by atoms with Gasteiger partial charge in [0, 0.05) is 28.8 Å². The zero-order chi connectivity index (χ0) is 26.4. The lowest BCUT2D eigenvalue weighted by Gasteiger charge is -2.18. The molecule has 0 fully saturated rings. The predicted molar refractivity (Wildman–Crippen MR) is 141 cm³/mol. The third-order valence-electron chi connectivity index (χ3n) is 5.44. The van der Waals surface area contributed by atoms with E-state index in [-0.39, 0.29) is 24.3 Å². The van der Waals surface area contributed by atoms with E-state index in [0.29, 0.717) is 39.9 Å². The second kappa shape index (κ2) is 11.1. The fourth-order valence-electron chi connectivity index (χ4n) is 3.49. The Morgan fingerprint density at radius 1 is 1.00 bits per heavy atom. The van der Waals surface area contributed by atoms with E-state index in [9.17, 15) is 14.4 Å². The van der Waals surface area contributed by atoms with Gasteiger partial charge in [0.15, 0.2) is 0 Å². The Labute approximate surface area is 212 Å². The molecular weight excluding hydrogens is 474 g/mol. The van der Waals surface area contributed by atoms with Gasteiger partial charge >= 0.3 is 0 Å². The van der Waals surface area contributed by atoms with Crippen LogP contribution < -0.4 is 21.3 Å². The van der Waals surface area contributed by atoms with E-state index < -0.39 is 6.04 Å². The first kappa shape index (κ1) is 25.0. The Morgan fingerprint density at radius 2 is 1.78 bits per heavy atom. The van der Waals surface area contributed by atoms with Gasteiger partial charge in [-0.3, -0.25) is 14.4 Å². The van der Waals surface area contributed by atoms with Crippen LogP contribution in [0.5, 0.6) is 0 Å². The first-order valence-electron chi connectivity index (χ1n) is 11.4. The zero-order valence-corrected chi connectivity index (χ0v) is 20.2. The number of amides is 3. The van der Waals surface area contributed by atoms with Gasteiger partial charge in [0.2, 0.25) is 11.9 Å². The molecule has 0 saturated heterocycles. The van der Waals surface area contributed by atoms with Gasteiger partial charge in [-0.2, -0.15) is 0 Å². The van der Waals surface area contributed by atoms with Crippen LogP contribution in [0.15, 0.2) is 75.8 Å². The van der Waals surface area contributed by atoms with Crippen molar-refractivity contribution in [2.24, 2.45) is 9.98 Å². The van der Waals surface area contributed by atoms with Crippen molar-refractivity contribution in [1.29, 1.82) is 0 Å². The molecule has 2 aromatic carbocycles. The largest absolute Gasteiger partial charge is 0.361 e. The third-order valence-corrected chi connectivity index (χ3v) is 5.44. The van der Waals surface area contributed by atoms with E-state index in [4.69, 9.17) is 4.52 Å². The standard InChI is InChI=1S/C26H25N7O4/c1-4-23(34)30-17-6-5-7-18(10-17)33-26-27-12-20(13-28-26)32-24(35)21-11-19(9-8-15(21)2)31-25(36)22-14-29-37-16(22)3/h4-12,14,20H,1,13H2,2-3H3,(H,28,33)(H,30,34)(H,31,36)(H,32,35). The molecule has 1 atom stereocenters. The molecule has 3 amide bonds. The van der Waals surface area contributed by atoms with Gasteiger partial charge in [0.25, 0.3) is 11.8 Å². The Morgan fingerprint density at radius 3 is 2.49 bits per heavy atom. The fourth-order valence-corrected chi connectivity index (χ4v) is 3.49. The van der Waals surface area contributed by atoms with Crippen molar-refractivity contribution in [2.75, 3.05) is 22.5 Å². The van der Waals surface area contributed by atoms with Crippen LogP contribution in [0.4, 0.5) is 17.1 Å². The summed E-state index contributed by atoms with van der Waals surface area (Å²) < 4.78 is 4.93. The van der Waals surface area contributed by atoms with E-state index in [0.717, 1.165) is 5.56 Å². The number of aromatic nitrogens is 1. The molecule has 188 valence electrons. The number of carbonyl (C=O) groups excluding carboxylic acids is 3. The van der Waals surface area contributed by atoms with Gasteiger partial charge in [0.1, 0.15) is 11.3 Å². The summed E-state index contributed by atoms with van der Waals surface area (Å²) in [5.41, 5.74) is 3.25. The number of nitrogens with zero attached hydrogens (tertiary/aromatic N) is 3. The molecule has 4 rings (SSSR count). The normalized spacial score (nSPS) is 14.3. The van der Waals surface area contributed by atoms with Crippen LogP contribution >= 0.6 is 0 Å². The molecule has 11 heteroatoms. The highest BCUT2D eigenvalue weighted by Gasteiger charge is 2.19. The second-order valence-electron chi connectivity index (χ2n) is 8.20.